The third-order valence-corrected chi connectivity index (χ3v) is 3.38. The van der Waals surface area contributed by atoms with E-state index in [2.05, 4.69) is 17.2 Å². The van der Waals surface area contributed by atoms with E-state index < -0.39 is 0 Å². The number of hydrogen-bond acceptors (Lipinski definition) is 2. The van der Waals surface area contributed by atoms with Gasteiger partial charge >= 0.3 is 0 Å². The van der Waals surface area contributed by atoms with Gasteiger partial charge < -0.3 is 15.0 Å². The number of fused-ring (bicyclic) bond motifs is 1. The van der Waals surface area contributed by atoms with Crippen LogP contribution in [0, 0.1) is 13.8 Å². The van der Waals surface area contributed by atoms with Crippen LogP contribution in [0.1, 0.15) is 28.5 Å². The third kappa shape index (κ3) is 2.63. The van der Waals surface area contributed by atoms with Crippen LogP contribution < -0.4 is 5.32 Å². The van der Waals surface area contributed by atoms with E-state index in [9.17, 15) is 4.79 Å². The molecule has 1 aromatic carbocycles. The van der Waals surface area contributed by atoms with Gasteiger partial charge in [0.05, 0.1) is 17.7 Å². The Morgan fingerprint density at radius 3 is 2.84 bits per heavy atom. The minimum absolute atomic E-state index is 0.00934. The molecule has 4 nitrogen and oxygen atoms in total. The predicted octanol–water partition coefficient (Wildman–Crippen LogP) is 2.55. The Labute approximate surface area is 113 Å². The second-order valence-electron chi connectivity index (χ2n) is 4.93. The number of hydrogen-bond donors (Lipinski definition) is 2. The molecule has 1 unspecified atom stereocenters. The Hall–Kier alpha value is -1.81. The van der Waals surface area contributed by atoms with Gasteiger partial charge in [-0.3, -0.25) is 4.79 Å². The zero-order chi connectivity index (χ0) is 14.0. The van der Waals surface area contributed by atoms with Crippen molar-refractivity contribution < 1.29 is 9.53 Å². The van der Waals surface area contributed by atoms with Crippen molar-refractivity contribution in [2.45, 2.75) is 26.8 Å². The topological polar surface area (TPSA) is 54.1 Å². The number of aryl methyl sites for hydroxylation is 2. The van der Waals surface area contributed by atoms with Gasteiger partial charge in [-0.25, -0.2) is 0 Å². The fourth-order valence-corrected chi connectivity index (χ4v) is 2.27. The molecule has 0 saturated heterocycles. The Kier molecular flexibility index (Phi) is 3.90. The number of methoxy groups -OCH3 is 1. The Morgan fingerprint density at radius 2 is 2.16 bits per heavy atom. The van der Waals surface area contributed by atoms with Crippen molar-refractivity contribution in [3.05, 3.63) is 35.0 Å². The number of benzene rings is 1. The number of carbonyl (C=O) groups is 1. The highest BCUT2D eigenvalue weighted by Crippen LogP contribution is 2.24. The molecule has 2 rings (SSSR count). The lowest BCUT2D eigenvalue weighted by molar-refractivity contribution is 0.0907. The minimum atomic E-state index is -0.0728. The predicted molar refractivity (Wildman–Crippen MR) is 76.6 cm³/mol. The molecule has 2 aromatic rings. The summed E-state index contributed by atoms with van der Waals surface area (Å²) in [5.74, 6) is -0.0728. The van der Waals surface area contributed by atoms with Crippen LogP contribution in [0.3, 0.4) is 0 Å². The van der Waals surface area contributed by atoms with E-state index in [1.807, 2.05) is 32.0 Å². The zero-order valence-electron chi connectivity index (χ0n) is 11.8. The standard InChI is InChI=1S/C15H20N2O2/c1-9(8-19-4)16-15(18)13-7-5-6-12-10(2)11(3)17-14(12)13/h5-7,9,17H,8H2,1-4H3,(H,16,18). The molecule has 0 aliphatic carbocycles. The first-order valence-electron chi connectivity index (χ1n) is 6.42. The minimum Gasteiger partial charge on any atom is -0.383 e. The van der Waals surface area contributed by atoms with Crippen LogP contribution in [0.2, 0.25) is 0 Å². The molecule has 19 heavy (non-hydrogen) atoms. The number of para-hydroxylation sites is 1. The largest absolute Gasteiger partial charge is 0.383 e. The summed E-state index contributed by atoms with van der Waals surface area (Å²) >= 11 is 0. The Morgan fingerprint density at radius 1 is 1.42 bits per heavy atom. The van der Waals surface area contributed by atoms with E-state index >= 15 is 0 Å². The molecule has 0 radical (unpaired) electrons. The van der Waals surface area contributed by atoms with Crippen LogP contribution in [0.5, 0.6) is 0 Å². The van der Waals surface area contributed by atoms with Crippen LogP contribution in [-0.4, -0.2) is 30.6 Å². The molecule has 0 spiro atoms. The van der Waals surface area contributed by atoms with Crippen molar-refractivity contribution in [1.29, 1.82) is 0 Å². The SMILES string of the molecule is COCC(C)NC(=O)c1cccc2c(C)c(C)[nH]c12. The summed E-state index contributed by atoms with van der Waals surface area (Å²) in [5.41, 5.74) is 3.87. The lowest BCUT2D eigenvalue weighted by Gasteiger charge is -2.13. The van der Waals surface area contributed by atoms with Gasteiger partial charge in [0.15, 0.2) is 0 Å². The summed E-state index contributed by atoms with van der Waals surface area (Å²) in [6.07, 6.45) is 0. The van der Waals surface area contributed by atoms with E-state index in [0.29, 0.717) is 12.2 Å². The van der Waals surface area contributed by atoms with Gasteiger partial charge in [0.2, 0.25) is 0 Å². The van der Waals surface area contributed by atoms with Crippen molar-refractivity contribution in [3.8, 4) is 0 Å². The number of aromatic nitrogens is 1. The summed E-state index contributed by atoms with van der Waals surface area (Å²) in [6, 6.07) is 5.78. The number of amides is 1. The van der Waals surface area contributed by atoms with E-state index in [1.165, 1.54) is 5.56 Å². The van der Waals surface area contributed by atoms with Crippen molar-refractivity contribution >= 4 is 16.8 Å². The number of nitrogens with one attached hydrogen (secondary N) is 2. The molecule has 102 valence electrons. The van der Waals surface area contributed by atoms with E-state index in [4.69, 9.17) is 4.74 Å². The highest BCUT2D eigenvalue weighted by atomic mass is 16.5. The molecule has 2 N–H and O–H groups in total. The second-order valence-corrected chi connectivity index (χ2v) is 4.93. The summed E-state index contributed by atoms with van der Waals surface area (Å²) < 4.78 is 5.03. The maximum Gasteiger partial charge on any atom is 0.253 e. The van der Waals surface area contributed by atoms with Gasteiger partial charge in [-0.15, -0.1) is 0 Å². The zero-order valence-corrected chi connectivity index (χ0v) is 11.8. The molecule has 4 heteroatoms. The first-order valence-corrected chi connectivity index (χ1v) is 6.42. The summed E-state index contributed by atoms with van der Waals surface area (Å²) in [7, 11) is 1.63. The normalized spacial score (nSPS) is 12.6. The summed E-state index contributed by atoms with van der Waals surface area (Å²) in [6.45, 7) is 6.51. The van der Waals surface area contributed by atoms with Crippen molar-refractivity contribution in [2.24, 2.45) is 0 Å². The van der Waals surface area contributed by atoms with Gasteiger partial charge in [0.1, 0.15) is 0 Å². The molecule has 1 heterocycles. The average Bonchev–Trinajstić information content (AvgIpc) is 2.65. The van der Waals surface area contributed by atoms with Crippen LogP contribution in [0.4, 0.5) is 0 Å². The second kappa shape index (κ2) is 5.45. The van der Waals surface area contributed by atoms with Crippen molar-refractivity contribution in [2.75, 3.05) is 13.7 Å². The molecule has 0 bridgehead atoms. The number of carbonyl (C=O) groups excluding carboxylic acids is 1. The van der Waals surface area contributed by atoms with Crippen molar-refractivity contribution in [1.82, 2.24) is 10.3 Å². The third-order valence-electron chi connectivity index (χ3n) is 3.38. The molecule has 1 amide bonds. The molecule has 1 atom stereocenters. The quantitative estimate of drug-likeness (QED) is 0.887. The molecule has 0 fully saturated rings. The lowest BCUT2D eigenvalue weighted by atomic mass is 10.1. The van der Waals surface area contributed by atoms with Crippen LogP contribution >= 0.6 is 0 Å². The molecule has 0 aliphatic heterocycles. The van der Waals surface area contributed by atoms with E-state index in [0.717, 1.165) is 16.6 Å². The van der Waals surface area contributed by atoms with Gasteiger partial charge in [0.25, 0.3) is 5.91 Å². The average molecular weight is 260 g/mol. The monoisotopic (exact) mass is 260 g/mol. The molecule has 0 aliphatic rings. The van der Waals surface area contributed by atoms with Crippen molar-refractivity contribution in [3.63, 3.8) is 0 Å². The van der Waals surface area contributed by atoms with E-state index in [1.54, 1.807) is 7.11 Å². The van der Waals surface area contributed by atoms with Gasteiger partial charge in [-0.05, 0) is 32.4 Å². The molecule has 1 aromatic heterocycles. The van der Waals surface area contributed by atoms with Crippen LogP contribution in [0.25, 0.3) is 10.9 Å². The number of ether oxygens (including phenoxy) is 1. The maximum atomic E-state index is 12.3. The van der Waals surface area contributed by atoms with Gasteiger partial charge in [-0.2, -0.15) is 0 Å². The Bertz CT molecular complexity index is 601. The Balaban J connectivity index is 2.35. The highest BCUT2D eigenvalue weighted by Gasteiger charge is 2.15. The summed E-state index contributed by atoms with van der Waals surface area (Å²) in [4.78, 5) is 15.6. The smallest absolute Gasteiger partial charge is 0.253 e. The number of rotatable bonds is 4. The van der Waals surface area contributed by atoms with E-state index in [-0.39, 0.29) is 11.9 Å². The fraction of sp³-hybridized carbons (Fsp3) is 0.400. The van der Waals surface area contributed by atoms with Crippen LogP contribution in [-0.2, 0) is 4.74 Å². The number of H-pyrrole nitrogens is 1. The number of aromatic amines is 1. The maximum absolute atomic E-state index is 12.3. The highest BCUT2D eigenvalue weighted by molar-refractivity contribution is 6.06. The summed E-state index contributed by atoms with van der Waals surface area (Å²) in [5, 5.41) is 4.04. The lowest BCUT2D eigenvalue weighted by Crippen LogP contribution is -2.35. The molecular weight excluding hydrogens is 240 g/mol. The molecular formula is C15H20N2O2. The first-order chi connectivity index (χ1) is 9.04. The first kappa shape index (κ1) is 13.6. The van der Waals surface area contributed by atoms with Crippen LogP contribution in [0.15, 0.2) is 18.2 Å². The fourth-order valence-electron chi connectivity index (χ4n) is 2.27. The van der Waals surface area contributed by atoms with Gasteiger partial charge in [-0.1, -0.05) is 12.1 Å². The molecule has 0 saturated carbocycles. The van der Waals surface area contributed by atoms with Gasteiger partial charge in [0, 0.05) is 24.2 Å².